The van der Waals surface area contributed by atoms with Crippen LogP contribution in [0.3, 0.4) is 0 Å². The molecule has 4 fully saturated rings. The maximum atomic E-state index is 14.1. The Morgan fingerprint density at radius 3 is 0.878 bits per heavy atom. The first-order valence-corrected chi connectivity index (χ1v) is 21.4. The number of phosphoric ester groups is 2. The Labute approximate surface area is 296 Å². The zero-order valence-electron chi connectivity index (χ0n) is 30.5. The zero-order chi connectivity index (χ0) is 35.0. The van der Waals surface area contributed by atoms with Gasteiger partial charge >= 0.3 is 15.6 Å². The van der Waals surface area contributed by atoms with Crippen molar-refractivity contribution in [1.29, 1.82) is 0 Å². The normalized spacial score (nSPS) is 18.2. The second kappa shape index (κ2) is 20.9. The fourth-order valence-electron chi connectivity index (χ4n) is 4.90. The highest BCUT2D eigenvalue weighted by atomic mass is 31.3. The van der Waals surface area contributed by atoms with Crippen molar-refractivity contribution in [1.82, 2.24) is 0 Å². The summed E-state index contributed by atoms with van der Waals surface area (Å²) in [4.78, 5) is 0. The van der Waals surface area contributed by atoms with E-state index in [1.54, 1.807) is 0 Å². The standard InChI is InChI=1S/C40H60O7P2/c1-33(9-5-13-37-17-18-37)25-29-43-48(41,44-30-26-34(2)10-6-14-38-19-20-38)47-49(42,45-31-27-35(3)11-7-15-39-21-22-39)46-32-28-36(4)12-8-16-40-23-24-40/h13-16,25-28H,5-12,17-24,29-32H2,1-4H3/b33-25+,34-26+,35-27+,36-28+. The average molecular weight is 715 g/mol. The summed E-state index contributed by atoms with van der Waals surface area (Å²) < 4.78 is 57.0. The lowest BCUT2D eigenvalue weighted by Crippen LogP contribution is -2.05. The molecule has 0 radical (unpaired) electrons. The van der Waals surface area contributed by atoms with Crippen molar-refractivity contribution >= 4 is 15.6 Å². The first-order chi connectivity index (χ1) is 23.6. The smallest absolute Gasteiger partial charge is 0.282 e. The SMILES string of the molecule is C/C(=C\COP(=O)(OC/C=C(\C)CCC=C1CC1)OP(=O)(OC/C=C(\C)CCC=C1CC1)OC/C=C(\C)CCC=C1CC1)CCC=C1CC1. The van der Waals surface area contributed by atoms with E-state index in [-0.39, 0.29) is 26.4 Å². The molecule has 272 valence electrons. The van der Waals surface area contributed by atoms with E-state index in [0.29, 0.717) is 0 Å². The molecule has 0 bridgehead atoms. The molecule has 49 heavy (non-hydrogen) atoms. The van der Waals surface area contributed by atoms with Crippen LogP contribution in [0.5, 0.6) is 0 Å². The molecule has 7 nitrogen and oxygen atoms in total. The lowest BCUT2D eigenvalue weighted by atomic mass is 10.1. The van der Waals surface area contributed by atoms with Crippen LogP contribution in [0.15, 0.2) is 93.2 Å². The van der Waals surface area contributed by atoms with Gasteiger partial charge in [0, 0.05) is 0 Å². The van der Waals surface area contributed by atoms with Gasteiger partial charge in [0.15, 0.2) is 0 Å². The van der Waals surface area contributed by atoms with Crippen molar-refractivity contribution in [3.05, 3.63) is 93.2 Å². The highest BCUT2D eigenvalue weighted by Gasteiger charge is 2.40. The molecular weight excluding hydrogens is 654 g/mol. The van der Waals surface area contributed by atoms with Crippen molar-refractivity contribution in [3.8, 4) is 0 Å². The summed E-state index contributed by atoms with van der Waals surface area (Å²) in [5.41, 5.74) is 10.5. The molecule has 0 saturated heterocycles. The van der Waals surface area contributed by atoms with E-state index in [4.69, 9.17) is 22.4 Å². The third kappa shape index (κ3) is 19.4. The van der Waals surface area contributed by atoms with Crippen molar-refractivity contribution in [3.63, 3.8) is 0 Å². The molecule has 4 saturated carbocycles. The van der Waals surface area contributed by atoms with Crippen molar-refractivity contribution < 1.29 is 31.5 Å². The van der Waals surface area contributed by atoms with E-state index in [2.05, 4.69) is 24.3 Å². The Hall–Kier alpha value is -1.82. The third-order valence-corrected chi connectivity index (χ3v) is 12.4. The fourth-order valence-corrected chi connectivity index (χ4v) is 7.82. The molecular formula is C40H60O7P2. The Morgan fingerprint density at radius 1 is 0.449 bits per heavy atom. The second-order valence-corrected chi connectivity index (χ2v) is 17.4. The van der Waals surface area contributed by atoms with Gasteiger partial charge in [-0.1, -0.05) is 93.2 Å². The minimum Gasteiger partial charge on any atom is -0.282 e. The van der Waals surface area contributed by atoms with Crippen molar-refractivity contribution in [2.24, 2.45) is 0 Å². The first kappa shape index (κ1) is 40.0. The summed E-state index contributed by atoms with van der Waals surface area (Å²) in [7, 11) is -8.74. The summed E-state index contributed by atoms with van der Waals surface area (Å²) in [5, 5.41) is 0. The van der Waals surface area contributed by atoms with Gasteiger partial charge < -0.3 is 0 Å². The molecule has 4 aliphatic rings. The Balaban J connectivity index is 1.40. The number of hydrogen-bond acceptors (Lipinski definition) is 7. The van der Waals surface area contributed by atoms with Gasteiger partial charge in [-0.15, -0.1) is 0 Å². The van der Waals surface area contributed by atoms with Crippen LogP contribution in [-0.4, -0.2) is 26.4 Å². The maximum Gasteiger partial charge on any atom is 0.484 e. The van der Waals surface area contributed by atoms with Crippen LogP contribution in [0.2, 0.25) is 0 Å². The topological polar surface area (TPSA) is 80.3 Å². The molecule has 0 atom stereocenters. The Kier molecular flexibility index (Phi) is 17.0. The molecule has 9 heteroatoms. The van der Waals surface area contributed by atoms with Crippen LogP contribution in [0, 0.1) is 0 Å². The maximum absolute atomic E-state index is 14.1. The van der Waals surface area contributed by atoms with Gasteiger partial charge in [-0.05, 0) is 130 Å². The van der Waals surface area contributed by atoms with E-state index in [1.165, 1.54) is 73.7 Å². The fraction of sp³-hybridized carbons (Fsp3) is 0.600. The number of allylic oxidation sites excluding steroid dienone is 12. The van der Waals surface area contributed by atoms with Gasteiger partial charge in [-0.2, -0.15) is 4.31 Å². The molecule has 0 aliphatic heterocycles. The van der Waals surface area contributed by atoms with Crippen LogP contribution in [0.25, 0.3) is 0 Å². The lowest BCUT2D eigenvalue weighted by molar-refractivity contribution is 0.130. The summed E-state index contributed by atoms with van der Waals surface area (Å²) in [6.45, 7) is 8.02. The summed E-state index contributed by atoms with van der Waals surface area (Å²) in [5.74, 6) is 0. The van der Waals surface area contributed by atoms with Crippen LogP contribution in [0.4, 0.5) is 0 Å². The molecule has 4 rings (SSSR count). The van der Waals surface area contributed by atoms with E-state index in [1.807, 2.05) is 52.0 Å². The summed E-state index contributed by atoms with van der Waals surface area (Å²) in [6.07, 6.45) is 33.7. The molecule has 0 aromatic rings. The van der Waals surface area contributed by atoms with Gasteiger partial charge in [0.05, 0.1) is 26.4 Å². The summed E-state index contributed by atoms with van der Waals surface area (Å²) in [6, 6.07) is 0. The Bertz CT molecular complexity index is 1220. The summed E-state index contributed by atoms with van der Waals surface area (Å²) >= 11 is 0. The highest BCUT2D eigenvalue weighted by Crippen LogP contribution is 2.66. The van der Waals surface area contributed by atoms with Gasteiger partial charge in [0.2, 0.25) is 0 Å². The van der Waals surface area contributed by atoms with E-state index in [9.17, 15) is 9.13 Å². The predicted molar refractivity (Wildman–Crippen MR) is 201 cm³/mol. The first-order valence-electron chi connectivity index (χ1n) is 18.4. The zero-order valence-corrected chi connectivity index (χ0v) is 32.3. The van der Waals surface area contributed by atoms with Gasteiger partial charge in [-0.3, -0.25) is 18.1 Å². The predicted octanol–water partition coefficient (Wildman–Crippen LogP) is 13.1. The van der Waals surface area contributed by atoms with E-state index in [0.717, 1.165) is 73.7 Å². The molecule has 0 aromatic heterocycles. The van der Waals surface area contributed by atoms with Crippen LogP contribution < -0.4 is 0 Å². The molecule has 0 spiro atoms. The quantitative estimate of drug-likeness (QED) is 0.0652. The highest BCUT2D eigenvalue weighted by molar-refractivity contribution is 7.62. The van der Waals surface area contributed by atoms with Gasteiger partial charge in [-0.25, -0.2) is 9.13 Å². The molecule has 0 N–H and O–H groups in total. The lowest BCUT2D eigenvalue weighted by Gasteiger charge is -2.22. The Morgan fingerprint density at radius 2 is 0.673 bits per heavy atom. The molecule has 0 heterocycles. The minimum absolute atomic E-state index is 0.0149. The largest absolute Gasteiger partial charge is 0.484 e. The third-order valence-electron chi connectivity index (χ3n) is 8.90. The second-order valence-electron chi connectivity index (χ2n) is 14.0. The molecule has 4 aliphatic carbocycles. The van der Waals surface area contributed by atoms with E-state index < -0.39 is 15.6 Å². The van der Waals surface area contributed by atoms with Crippen LogP contribution in [0.1, 0.15) is 130 Å². The molecule has 0 aromatic carbocycles. The van der Waals surface area contributed by atoms with Crippen LogP contribution >= 0.6 is 15.6 Å². The number of rotatable bonds is 26. The van der Waals surface area contributed by atoms with Crippen molar-refractivity contribution in [2.45, 2.75) is 130 Å². The van der Waals surface area contributed by atoms with E-state index >= 15 is 0 Å². The minimum atomic E-state index is -4.37. The monoisotopic (exact) mass is 714 g/mol. The van der Waals surface area contributed by atoms with Crippen molar-refractivity contribution in [2.75, 3.05) is 26.4 Å². The number of hydrogen-bond donors (Lipinski definition) is 0. The van der Waals surface area contributed by atoms with Gasteiger partial charge in [0.25, 0.3) is 0 Å². The van der Waals surface area contributed by atoms with Gasteiger partial charge in [0.1, 0.15) is 0 Å². The number of phosphoric acid groups is 2. The van der Waals surface area contributed by atoms with Crippen LogP contribution in [-0.2, 0) is 31.5 Å². The average Bonchev–Trinajstić information content (AvgIpc) is 3.85. The molecule has 0 amide bonds. The molecule has 0 unspecified atom stereocenters.